The first-order valence-corrected chi connectivity index (χ1v) is 10.0. The molecule has 2 aromatic heterocycles. The van der Waals surface area contributed by atoms with E-state index in [0.717, 1.165) is 42.7 Å². The molecule has 7 heteroatoms. The van der Waals surface area contributed by atoms with Crippen LogP contribution in [0.1, 0.15) is 46.3 Å². The second kappa shape index (κ2) is 7.52. The van der Waals surface area contributed by atoms with Crippen molar-refractivity contribution in [2.45, 2.75) is 39.2 Å². The van der Waals surface area contributed by atoms with Gasteiger partial charge in [0, 0.05) is 23.3 Å². The Morgan fingerprint density at radius 1 is 1.26 bits per heavy atom. The number of fused-ring (bicyclic) bond motifs is 3. The van der Waals surface area contributed by atoms with Gasteiger partial charge >= 0.3 is 0 Å². The van der Waals surface area contributed by atoms with E-state index < -0.39 is 5.91 Å². The summed E-state index contributed by atoms with van der Waals surface area (Å²) in [4.78, 5) is 31.7. The maximum Gasteiger partial charge on any atom is 0.271 e. The van der Waals surface area contributed by atoms with Crippen molar-refractivity contribution in [3.05, 3.63) is 62.5 Å². The van der Waals surface area contributed by atoms with Crippen LogP contribution in [0.5, 0.6) is 5.75 Å². The summed E-state index contributed by atoms with van der Waals surface area (Å²) in [5.74, 6) is 0.397. The minimum absolute atomic E-state index is 0.0876. The number of thiazole rings is 1. The fraction of sp³-hybridized carbons (Fsp3) is 0.350. The van der Waals surface area contributed by atoms with E-state index in [4.69, 9.17) is 4.74 Å². The average Bonchev–Trinajstić information content (AvgIpc) is 3.07. The van der Waals surface area contributed by atoms with Crippen LogP contribution in [0.3, 0.4) is 0 Å². The molecule has 0 atom stereocenters. The number of hydrogen-bond donors (Lipinski definition) is 1. The number of carbonyl (C=O) groups is 1. The van der Waals surface area contributed by atoms with E-state index >= 15 is 0 Å². The molecule has 27 heavy (non-hydrogen) atoms. The maximum atomic E-state index is 12.9. The second-order valence-corrected chi connectivity index (χ2v) is 7.60. The molecular formula is C20H21N3O3S. The first kappa shape index (κ1) is 17.7. The quantitative estimate of drug-likeness (QED) is 0.735. The maximum absolute atomic E-state index is 12.9. The number of carbonyl (C=O) groups excluding carboxylic acids is 1. The number of ether oxygens (including phenoxy) is 1. The first-order chi connectivity index (χ1) is 13.2. The Bertz CT molecular complexity index is 1040. The van der Waals surface area contributed by atoms with Gasteiger partial charge in [0.2, 0.25) is 0 Å². The van der Waals surface area contributed by atoms with Crippen LogP contribution in [-0.4, -0.2) is 21.9 Å². The van der Waals surface area contributed by atoms with Gasteiger partial charge in [-0.1, -0.05) is 12.1 Å². The Kier molecular flexibility index (Phi) is 4.94. The van der Waals surface area contributed by atoms with Crippen LogP contribution in [0.2, 0.25) is 0 Å². The fourth-order valence-corrected chi connectivity index (χ4v) is 4.54. The van der Waals surface area contributed by atoms with Crippen molar-refractivity contribution in [3.63, 3.8) is 0 Å². The zero-order chi connectivity index (χ0) is 18.8. The molecule has 3 aromatic rings. The largest absolute Gasteiger partial charge is 0.494 e. The van der Waals surface area contributed by atoms with Crippen molar-refractivity contribution in [2.75, 3.05) is 6.61 Å². The third kappa shape index (κ3) is 3.47. The van der Waals surface area contributed by atoms with E-state index in [2.05, 4.69) is 10.3 Å². The van der Waals surface area contributed by atoms with Crippen molar-refractivity contribution in [2.24, 2.45) is 0 Å². The van der Waals surface area contributed by atoms with Crippen LogP contribution in [0.25, 0.3) is 4.96 Å². The number of aromatic nitrogens is 2. The summed E-state index contributed by atoms with van der Waals surface area (Å²) in [6.45, 7) is 2.89. The van der Waals surface area contributed by atoms with E-state index in [-0.39, 0.29) is 11.1 Å². The lowest BCUT2D eigenvalue weighted by Gasteiger charge is -2.10. The molecule has 4 rings (SSSR count). The molecule has 0 unspecified atom stereocenters. The Hall–Kier alpha value is -2.67. The molecule has 0 radical (unpaired) electrons. The smallest absolute Gasteiger partial charge is 0.271 e. The molecule has 1 aromatic carbocycles. The van der Waals surface area contributed by atoms with E-state index in [1.807, 2.05) is 31.2 Å². The van der Waals surface area contributed by atoms with Crippen LogP contribution in [0.15, 0.2) is 35.3 Å². The highest BCUT2D eigenvalue weighted by molar-refractivity contribution is 7.17. The number of rotatable bonds is 5. The van der Waals surface area contributed by atoms with Gasteiger partial charge in [-0.2, -0.15) is 0 Å². The third-order valence-electron chi connectivity index (χ3n) is 4.73. The van der Waals surface area contributed by atoms with Gasteiger partial charge in [-0.05, 0) is 50.3 Å². The molecule has 1 amide bonds. The van der Waals surface area contributed by atoms with Crippen LogP contribution >= 0.6 is 11.3 Å². The van der Waals surface area contributed by atoms with E-state index in [1.54, 1.807) is 15.7 Å². The van der Waals surface area contributed by atoms with Crippen molar-refractivity contribution >= 4 is 22.2 Å². The molecule has 0 saturated carbocycles. The number of hydrogen-bond acceptors (Lipinski definition) is 5. The SMILES string of the molecule is CCOc1ccc(CNC(=O)c2cnc3sc4c(n3c2=O)CCCC4)cc1. The van der Waals surface area contributed by atoms with Gasteiger partial charge < -0.3 is 10.1 Å². The molecule has 0 aliphatic heterocycles. The highest BCUT2D eigenvalue weighted by Gasteiger charge is 2.21. The van der Waals surface area contributed by atoms with Gasteiger partial charge in [-0.15, -0.1) is 11.3 Å². The molecule has 1 N–H and O–H groups in total. The van der Waals surface area contributed by atoms with Crippen LogP contribution < -0.4 is 15.6 Å². The van der Waals surface area contributed by atoms with Gasteiger partial charge in [0.15, 0.2) is 4.96 Å². The van der Waals surface area contributed by atoms with Crippen molar-refractivity contribution in [1.82, 2.24) is 14.7 Å². The Balaban J connectivity index is 1.54. The Morgan fingerprint density at radius 2 is 2.04 bits per heavy atom. The predicted molar refractivity (Wildman–Crippen MR) is 105 cm³/mol. The summed E-state index contributed by atoms with van der Waals surface area (Å²) in [5, 5.41) is 2.81. The lowest BCUT2D eigenvalue weighted by Crippen LogP contribution is -2.31. The highest BCUT2D eigenvalue weighted by Crippen LogP contribution is 2.28. The van der Waals surface area contributed by atoms with E-state index in [0.29, 0.717) is 18.1 Å². The molecular weight excluding hydrogens is 362 g/mol. The number of aryl methyl sites for hydroxylation is 2. The molecule has 0 saturated heterocycles. The van der Waals surface area contributed by atoms with Crippen LogP contribution in [0, 0.1) is 0 Å². The van der Waals surface area contributed by atoms with Gasteiger partial charge in [-0.25, -0.2) is 4.98 Å². The van der Waals surface area contributed by atoms with Crippen molar-refractivity contribution in [1.29, 1.82) is 0 Å². The highest BCUT2D eigenvalue weighted by atomic mass is 32.1. The van der Waals surface area contributed by atoms with E-state index in [1.165, 1.54) is 11.1 Å². The van der Waals surface area contributed by atoms with Gasteiger partial charge in [0.25, 0.3) is 11.5 Å². The summed E-state index contributed by atoms with van der Waals surface area (Å²) in [6.07, 6.45) is 5.47. The summed E-state index contributed by atoms with van der Waals surface area (Å²) < 4.78 is 7.04. The zero-order valence-electron chi connectivity index (χ0n) is 15.2. The minimum Gasteiger partial charge on any atom is -0.494 e. The molecule has 6 nitrogen and oxygen atoms in total. The Labute approximate surface area is 160 Å². The summed E-state index contributed by atoms with van der Waals surface area (Å²) in [7, 11) is 0. The third-order valence-corrected chi connectivity index (χ3v) is 5.89. The van der Waals surface area contributed by atoms with Crippen molar-refractivity contribution < 1.29 is 9.53 Å². The molecule has 0 fully saturated rings. The molecule has 0 bridgehead atoms. The average molecular weight is 383 g/mol. The topological polar surface area (TPSA) is 72.7 Å². The number of nitrogens with zero attached hydrogens (tertiary/aromatic N) is 2. The predicted octanol–water partition coefficient (Wildman–Crippen LogP) is 2.96. The monoisotopic (exact) mass is 383 g/mol. The fourth-order valence-electron chi connectivity index (χ4n) is 3.37. The van der Waals surface area contributed by atoms with Gasteiger partial charge in [-0.3, -0.25) is 14.0 Å². The molecule has 1 aliphatic rings. The summed E-state index contributed by atoms with van der Waals surface area (Å²) in [5.41, 5.74) is 1.78. The minimum atomic E-state index is -0.397. The molecule has 2 heterocycles. The van der Waals surface area contributed by atoms with Crippen LogP contribution in [0.4, 0.5) is 0 Å². The molecule has 1 aliphatic carbocycles. The molecule has 0 spiro atoms. The second-order valence-electron chi connectivity index (χ2n) is 6.53. The lowest BCUT2D eigenvalue weighted by atomic mass is 10.0. The normalized spacial score (nSPS) is 13.4. The summed E-state index contributed by atoms with van der Waals surface area (Å²) >= 11 is 1.56. The zero-order valence-corrected chi connectivity index (χ0v) is 16.0. The lowest BCUT2D eigenvalue weighted by molar-refractivity contribution is 0.0949. The number of amides is 1. The van der Waals surface area contributed by atoms with Crippen LogP contribution in [-0.2, 0) is 19.4 Å². The first-order valence-electron chi connectivity index (χ1n) is 9.19. The summed E-state index contributed by atoms with van der Waals surface area (Å²) in [6, 6.07) is 7.53. The van der Waals surface area contributed by atoms with Gasteiger partial charge in [0.1, 0.15) is 11.3 Å². The van der Waals surface area contributed by atoms with E-state index in [9.17, 15) is 9.59 Å². The number of benzene rings is 1. The number of nitrogens with one attached hydrogen (secondary N) is 1. The molecule has 140 valence electrons. The van der Waals surface area contributed by atoms with Crippen molar-refractivity contribution in [3.8, 4) is 5.75 Å². The Morgan fingerprint density at radius 3 is 2.81 bits per heavy atom. The standard InChI is InChI=1S/C20H21N3O3S/c1-2-26-14-9-7-13(8-10-14)11-21-18(24)15-12-22-20-23(19(15)25)16-5-3-4-6-17(16)27-20/h7-10,12H,2-6,11H2,1H3,(H,21,24). The van der Waals surface area contributed by atoms with Gasteiger partial charge in [0.05, 0.1) is 6.61 Å².